The number of nitrogens with zero attached hydrogens (tertiary/aromatic N) is 6. The summed E-state index contributed by atoms with van der Waals surface area (Å²) in [6.45, 7) is 12.4. The quantitative estimate of drug-likeness (QED) is 0.267. The molecular formula is C34H40FN7O. The molecule has 4 aromatic rings. The van der Waals surface area contributed by atoms with Crippen LogP contribution in [-0.2, 0) is 10.2 Å². The second-order valence-electron chi connectivity index (χ2n) is 13.3. The number of pyridine rings is 2. The third kappa shape index (κ3) is 4.69. The van der Waals surface area contributed by atoms with Crippen molar-refractivity contribution in [1.29, 1.82) is 0 Å². The zero-order valence-corrected chi connectivity index (χ0v) is 25.7. The van der Waals surface area contributed by atoms with Gasteiger partial charge in [0.1, 0.15) is 5.52 Å². The van der Waals surface area contributed by atoms with E-state index >= 15 is 0 Å². The average Bonchev–Trinajstić information content (AvgIpc) is 3.48. The van der Waals surface area contributed by atoms with Gasteiger partial charge in [-0.15, -0.1) is 0 Å². The molecule has 7 rings (SSSR count). The Bertz CT molecular complexity index is 1720. The Morgan fingerprint density at radius 2 is 1.79 bits per heavy atom. The second kappa shape index (κ2) is 10.4. The van der Waals surface area contributed by atoms with Crippen molar-refractivity contribution < 1.29 is 9.18 Å². The minimum absolute atomic E-state index is 0.139. The number of hydrogen-bond donors (Lipinski definition) is 1. The van der Waals surface area contributed by atoms with Gasteiger partial charge in [0.25, 0.3) is 0 Å². The van der Waals surface area contributed by atoms with Gasteiger partial charge in [-0.3, -0.25) is 9.78 Å². The first-order valence-electron chi connectivity index (χ1n) is 15.6. The van der Waals surface area contributed by atoms with Crippen molar-refractivity contribution in [1.82, 2.24) is 24.4 Å². The van der Waals surface area contributed by atoms with Crippen LogP contribution in [-0.4, -0.2) is 55.5 Å². The van der Waals surface area contributed by atoms with E-state index in [9.17, 15) is 9.18 Å². The van der Waals surface area contributed by atoms with E-state index in [1.165, 1.54) is 38.5 Å². The van der Waals surface area contributed by atoms with E-state index < -0.39 is 11.2 Å². The summed E-state index contributed by atoms with van der Waals surface area (Å²) in [6.07, 6.45) is 8.96. The summed E-state index contributed by atoms with van der Waals surface area (Å²) in [5.41, 5.74) is 5.67. The molecule has 3 aromatic heterocycles. The van der Waals surface area contributed by atoms with Crippen LogP contribution in [0.5, 0.6) is 0 Å². The maximum Gasteiger partial charge on any atom is 0.237 e. The summed E-state index contributed by atoms with van der Waals surface area (Å²) < 4.78 is 16.9. The Hall–Kier alpha value is -3.85. The van der Waals surface area contributed by atoms with E-state index in [4.69, 9.17) is 9.97 Å². The fourth-order valence-electron chi connectivity index (χ4n) is 7.11. The number of carbonyl (C=O) groups excluding carboxylic acids is 1. The number of nitrogens with one attached hydrogen (secondary N) is 1. The third-order valence-electron chi connectivity index (χ3n) is 9.69. The molecule has 224 valence electrons. The summed E-state index contributed by atoms with van der Waals surface area (Å²) in [5.74, 6) is 0.255. The number of fused-ring (bicyclic) bond motifs is 2. The Kier molecular flexibility index (Phi) is 6.76. The van der Waals surface area contributed by atoms with Crippen LogP contribution in [0.1, 0.15) is 77.1 Å². The molecule has 2 aliphatic heterocycles. The maximum absolute atomic E-state index is 14.8. The van der Waals surface area contributed by atoms with Crippen LogP contribution in [0, 0.1) is 12.7 Å². The molecule has 8 nitrogen and oxygen atoms in total. The summed E-state index contributed by atoms with van der Waals surface area (Å²) in [5, 5.41) is 3.25. The maximum atomic E-state index is 14.8. The topological polar surface area (TPSA) is 79.2 Å². The predicted molar refractivity (Wildman–Crippen MR) is 168 cm³/mol. The number of anilines is 3. The van der Waals surface area contributed by atoms with Crippen LogP contribution >= 0.6 is 0 Å². The van der Waals surface area contributed by atoms with Crippen molar-refractivity contribution in [3.63, 3.8) is 0 Å². The molecule has 1 N–H and O–H groups in total. The van der Waals surface area contributed by atoms with Crippen LogP contribution < -0.4 is 10.2 Å². The van der Waals surface area contributed by atoms with Crippen LogP contribution in [0.2, 0.25) is 0 Å². The van der Waals surface area contributed by atoms with E-state index in [1.807, 2.05) is 37.5 Å². The van der Waals surface area contributed by atoms with E-state index in [0.29, 0.717) is 23.2 Å². The fraction of sp³-hybridized carbons (Fsp3) is 0.471. The first-order chi connectivity index (χ1) is 20.6. The van der Waals surface area contributed by atoms with Gasteiger partial charge in [0.05, 0.1) is 34.8 Å². The number of amides is 1. The van der Waals surface area contributed by atoms with Gasteiger partial charge in [0, 0.05) is 35.1 Å². The Morgan fingerprint density at radius 1 is 1.02 bits per heavy atom. The summed E-state index contributed by atoms with van der Waals surface area (Å²) in [7, 11) is 0. The first-order valence-corrected chi connectivity index (χ1v) is 15.6. The van der Waals surface area contributed by atoms with Crippen molar-refractivity contribution in [2.75, 3.05) is 23.3 Å². The zero-order chi connectivity index (χ0) is 30.0. The molecule has 0 radical (unpaired) electrons. The lowest BCUT2D eigenvalue weighted by Gasteiger charge is -2.48. The Labute approximate surface area is 252 Å². The SMILES string of the molecule is Cc1cc(Nc2nc(-c3ccc4c(c3)N([C@H]3C[C@@H](N5CCCCC5)C3)C(=O)C4(C)C)cc3ncn(C(C)C)c23)c(F)cn1. The molecule has 1 saturated carbocycles. The Morgan fingerprint density at radius 3 is 2.53 bits per heavy atom. The van der Waals surface area contributed by atoms with Crippen molar-refractivity contribution >= 4 is 34.1 Å². The summed E-state index contributed by atoms with van der Waals surface area (Å²) >= 11 is 0. The molecule has 0 bridgehead atoms. The van der Waals surface area contributed by atoms with Gasteiger partial charge in [0.15, 0.2) is 11.6 Å². The van der Waals surface area contributed by atoms with E-state index in [-0.39, 0.29) is 18.0 Å². The van der Waals surface area contributed by atoms with E-state index in [2.05, 4.69) is 46.1 Å². The van der Waals surface area contributed by atoms with E-state index in [0.717, 1.165) is 46.4 Å². The standard InChI is InChI=1S/C34H40FN7O/c1-20(2)41-19-37-29-17-27(38-32(31(29)41)39-28-13-21(3)36-18-26(28)35)22-9-10-25-30(14-22)42(33(43)34(25,4)5)24-15-23(16-24)40-11-7-6-8-12-40/h9-10,13-14,17-20,23-24H,6-8,11-12,15-16H2,1-5H3,(H,36,38,39)/t23-,24+. The largest absolute Gasteiger partial charge is 0.336 e. The van der Waals surface area contributed by atoms with Gasteiger partial charge in [-0.2, -0.15) is 0 Å². The van der Waals surface area contributed by atoms with Gasteiger partial charge >= 0.3 is 0 Å². The first kappa shape index (κ1) is 28.0. The van der Waals surface area contributed by atoms with Gasteiger partial charge in [-0.1, -0.05) is 18.6 Å². The fourth-order valence-corrected chi connectivity index (χ4v) is 7.11. The van der Waals surface area contributed by atoms with Crippen molar-refractivity contribution in [3.8, 4) is 11.3 Å². The second-order valence-corrected chi connectivity index (χ2v) is 13.3. The monoisotopic (exact) mass is 581 g/mol. The number of benzene rings is 1. The number of aromatic nitrogens is 4. The minimum Gasteiger partial charge on any atom is -0.336 e. The number of halogens is 1. The molecule has 2 fully saturated rings. The molecule has 1 amide bonds. The third-order valence-corrected chi connectivity index (χ3v) is 9.69. The molecule has 1 aliphatic carbocycles. The van der Waals surface area contributed by atoms with Gasteiger partial charge in [0.2, 0.25) is 5.91 Å². The molecule has 5 heterocycles. The van der Waals surface area contributed by atoms with E-state index in [1.54, 1.807) is 12.4 Å². The number of hydrogen-bond acceptors (Lipinski definition) is 6. The van der Waals surface area contributed by atoms with Crippen molar-refractivity contribution in [2.45, 2.75) is 90.3 Å². The number of piperidine rings is 1. The average molecular weight is 582 g/mol. The van der Waals surface area contributed by atoms with Crippen molar-refractivity contribution in [3.05, 3.63) is 59.9 Å². The van der Waals surface area contributed by atoms with Crippen LogP contribution in [0.15, 0.2) is 42.9 Å². The number of rotatable bonds is 6. The summed E-state index contributed by atoms with van der Waals surface area (Å²) in [4.78, 5) is 32.3. The highest BCUT2D eigenvalue weighted by molar-refractivity contribution is 6.08. The number of likely N-dealkylation sites (tertiary alicyclic amines) is 1. The lowest BCUT2D eigenvalue weighted by atomic mass is 9.82. The van der Waals surface area contributed by atoms with Crippen LogP contribution in [0.3, 0.4) is 0 Å². The lowest BCUT2D eigenvalue weighted by molar-refractivity contribution is -0.123. The number of aryl methyl sites for hydroxylation is 1. The molecule has 0 unspecified atom stereocenters. The highest BCUT2D eigenvalue weighted by Gasteiger charge is 2.50. The molecule has 0 atom stereocenters. The highest BCUT2D eigenvalue weighted by Crippen LogP contribution is 2.48. The lowest BCUT2D eigenvalue weighted by Crippen LogP contribution is -2.57. The minimum atomic E-state index is -0.582. The molecular weight excluding hydrogens is 541 g/mol. The number of carbonyl (C=O) groups is 1. The van der Waals surface area contributed by atoms with Gasteiger partial charge < -0.3 is 19.7 Å². The van der Waals surface area contributed by atoms with Crippen LogP contribution in [0.4, 0.5) is 21.6 Å². The zero-order valence-electron chi connectivity index (χ0n) is 25.7. The molecule has 43 heavy (non-hydrogen) atoms. The normalized spacial score (nSPS) is 21.8. The summed E-state index contributed by atoms with van der Waals surface area (Å²) in [6, 6.07) is 10.8. The predicted octanol–water partition coefficient (Wildman–Crippen LogP) is 6.91. The molecule has 9 heteroatoms. The smallest absolute Gasteiger partial charge is 0.237 e. The number of imidazole rings is 1. The van der Waals surface area contributed by atoms with Crippen LogP contribution in [0.25, 0.3) is 22.3 Å². The molecule has 1 aromatic carbocycles. The van der Waals surface area contributed by atoms with Crippen molar-refractivity contribution in [2.24, 2.45) is 0 Å². The Balaban J connectivity index is 1.27. The molecule has 3 aliphatic rings. The molecule has 0 spiro atoms. The van der Waals surface area contributed by atoms with Gasteiger partial charge in [-0.05, 0) is 97.2 Å². The highest BCUT2D eigenvalue weighted by atomic mass is 19.1. The molecule has 1 saturated heterocycles. The van der Waals surface area contributed by atoms with Gasteiger partial charge in [-0.25, -0.2) is 14.4 Å².